The first-order valence-corrected chi connectivity index (χ1v) is 6.37. The van der Waals surface area contributed by atoms with Gasteiger partial charge in [0, 0.05) is 12.4 Å². The highest BCUT2D eigenvalue weighted by Crippen LogP contribution is 2.12. The lowest BCUT2D eigenvalue weighted by atomic mass is 9.99. The Morgan fingerprint density at radius 1 is 1.11 bits per heavy atom. The first kappa shape index (κ1) is 12.8. The molecular formula is C16H19NO. The van der Waals surface area contributed by atoms with Crippen LogP contribution in [0.1, 0.15) is 23.1 Å². The minimum Gasteiger partial charge on any atom is -0.393 e. The molecule has 2 nitrogen and oxygen atoms in total. The van der Waals surface area contributed by atoms with E-state index in [2.05, 4.69) is 30.1 Å². The number of rotatable bonds is 5. The van der Waals surface area contributed by atoms with Gasteiger partial charge in [0.15, 0.2) is 0 Å². The lowest BCUT2D eigenvalue weighted by Crippen LogP contribution is -2.12. The number of aliphatic hydroxyl groups is 1. The molecule has 0 fully saturated rings. The molecule has 18 heavy (non-hydrogen) atoms. The minimum atomic E-state index is -0.285. The number of aromatic nitrogens is 1. The third-order valence-electron chi connectivity index (χ3n) is 3.23. The Balaban J connectivity index is 1.86. The molecule has 2 rings (SSSR count). The van der Waals surface area contributed by atoms with Crippen molar-refractivity contribution < 1.29 is 5.11 Å². The van der Waals surface area contributed by atoms with Gasteiger partial charge in [0.2, 0.25) is 0 Å². The average molecular weight is 241 g/mol. The molecule has 1 unspecified atom stereocenters. The molecule has 1 aromatic carbocycles. The van der Waals surface area contributed by atoms with E-state index in [1.807, 2.05) is 18.2 Å². The van der Waals surface area contributed by atoms with E-state index in [1.54, 1.807) is 12.4 Å². The lowest BCUT2D eigenvalue weighted by Gasteiger charge is -2.11. The van der Waals surface area contributed by atoms with Crippen molar-refractivity contribution in [1.29, 1.82) is 0 Å². The van der Waals surface area contributed by atoms with Crippen LogP contribution in [0.25, 0.3) is 0 Å². The van der Waals surface area contributed by atoms with Crippen molar-refractivity contribution in [1.82, 2.24) is 4.98 Å². The summed E-state index contributed by atoms with van der Waals surface area (Å²) in [5, 5.41) is 10.0. The second-order valence-corrected chi connectivity index (χ2v) is 4.68. The van der Waals surface area contributed by atoms with Crippen LogP contribution in [0.4, 0.5) is 0 Å². The Hall–Kier alpha value is -1.67. The molecule has 94 valence electrons. The van der Waals surface area contributed by atoms with Gasteiger partial charge < -0.3 is 5.11 Å². The summed E-state index contributed by atoms with van der Waals surface area (Å²) in [5.74, 6) is 0. The molecule has 1 N–H and O–H groups in total. The van der Waals surface area contributed by atoms with Gasteiger partial charge in [0.1, 0.15) is 0 Å². The monoisotopic (exact) mass is 241 g/mol. The van der Waals surface area contributed by atoms with Crippen LogP contribution in [-0.4, -0.2) is 16.2 Å². The molecule has 1 atom stereocenters. The van der Waals surface area contributed by atoms with Crippen LogP contribution in [0, 0.1) is 6.92 Å². The third-order valence-corrected chi connectivity index (χ3v) is 3.23. The van der Waals surface area contributed by atoms with Gasteiger partial charge in [0.25, 0.3) is 0 Å². The Kier molecular flexibility index (Phi) is 4.48. The van der Waals surface area contributed by atoms with Crippen LogP contribution >= 0.6 is 0 Å². The minimum absolute atomic E-state index is 0.285. The number of benzene rings is 1. The van der Waals surface area contributed by atoms with Crippen molar-refractivity contribution in [3.63, 3.8) is 0 Å². The van der Waals surface area contributed by atoms with Crippen molar-refractivity contribution in [2.45, 2.75) is 32.3 Å². The molecule has 0 radical (unpaired) electrons. The van der Waals surface area contributed by atoms with Gasteiger partial charge in [-0.25, -0.2) is 0 Å². The van der Waals surface area contributed by atoms with Crippen molar-refractivity contribution in [2.75, 3.05) is 0 Å². The van der Waals surface area contributed by atoms with Gasteiger partial charge in [-0.1, -0.05) is 24.3 Å². The maximum atomic E-state index is 10.0. The molecule has 0 aliphatic heterocycles. The molecule has 0 saturated carbocycles. The van der Waals surface area contributed by atoms with Gasteiger partial charge in [-0.2, -0.15) is 0 Å². The normalized spacial score (nSPS) is 12.3. The molecule has 0 bridgehead atoms. The van der Waals surface area contributed by atoms with Gasteiger partial charge in [-0.15, -0.1) is 0 Å². The maximum absolute atomic E-state index is 10.0. The standard InChI is InChI=1S/C16H19NO/c1-13-4-2-3-5-15(13)6-7-16(18)12-14-8-10-17-11-9-14/h2-5,8-11,16,18H,6-7,12H2,1H3. The Labute approximate surface area is 108 Å². The molecule has 1 heterocycles. The predicted molar refractivity (Wildman–Crippen MR) is 73.4 cm³/mol. The molecule has 2 aromatic rings. The number of hydrogen-bond acceptors (Lipinski definition) is 2. The predicted octanol–water partition coefficient (Wildman–Crippen LogP) is 2.93. The van der Waals surface area contributed by atoms with E-state index in [1.165, 1.54) is 11.1 Å². The van der Waals surface area contributed by atoms with Gasteiger partial charge in [0.05, 0.1) is 6.10 Å². The molecule has 1 aromatic heterocycles. The molecule has 2 heteroatoms. The quantitative estimate of drug-likeness (QED) is 0.873. The Morgan fingerprint density at radius 3 is 2.56 bits per heavy atom. The number of hydrogen-bond donors (Lipinski definition) is 1. The fourth-order valence-corrected chi connectivity index (χ4v) is 2.11. The highest BCUT2D eigenvalue weighted by Gasteiger charge is 2.06. The summed E-state index contributed by atoms with van der Waals surface area (Å²) in [7, 11) is 0. The largest absolute Gasteiger partial charge is 0.393 e. The summed E-state index contributed by atoms with van der Waals surface area (Å²) in [6.07, 6.45) is 5.68. The summed E-state index contributed by atoms with van der Waals surface area (Å²) in [6.45, 7) is 2.12. The van der Waals surface area contributed by atoms with Crippen molar-refractivity contribution >= 4 is 0 Å². The first-order valence-electron chi connectivity index (χ1n) is 6.37. The zero-order valence-corrected chi connectivity index (χ0v) is 10.7. The topological polar surface area (TPSA) is 33.1 Å². The maximum Gasteiger partial charge on any atom is 0.0583 e. The van der Waals surface area contributed by atoms with Crippen LogP contribution in [0.5, 0.6) is 0 Å². The number of aryl methyl sites for hydroxylation is 2. The van der Waals surface area contributed by atoms with Crippen LogP contribution in [0.15, 0.2) is 48.8 Å². The molecular weight excluding hydrogens is 222 g/mol. The fourth-order valence-electron chi connectivity index (χ4n) is 2.11. The van der Waals surface area contributed by atoms with Gasteiger partial charge >= 0.3 is 0 Å². The second-order valence-electron chi connectivity index (χ2n) is 4.68. The van der Waals surface area contributed by atoms with Crippen molar-refractivity contribution in [3.8, 4) is 0 Å². The molecule has 0 spiro atoms. The Bertz CT molecular complexity index is 481. The van der Waals surface area contributed by atoms with Gasteiger partial charge in [-0.05, 0) is 55.0 Å². The summed E-state index contributed by atoms with van der Waals surface area (Å²) in [5.41, 5.74) is 3.77. The fraction of sp³-hybridized carbons (Fsp3) is 0.312. The summed E-state index contributed by atoms with van der Waals surface area (Å²) >= 11 is 0. The van der Waals surface area contributed by atoms with E-state index in [0.717, 1.165) is 18.4 Å². The average Bonchev–Trinajstić information content (AvgIpc) is 2.39. The Morgan fingerprint density at radius 2 is 1.83 bits per heavy atom. The molecule has 0 amide bonds. The lowest BCUT2D eigenvalue weighted by molar-refractivity contribution is 0.165. The van der Waals surface area contributed by atoms with E-state index < -0.39 is 0 Å². The zero-order chi connectivity index (χ0) is 12.8. The van der Waals surface area contributed by atoms with Crippen molar-refractivity contribution in [2.24, 2.45) is 0 Å². The molecule has 0 aliphatic rings. The van der Waals surface area contributed by atoms with Crippen molar-refractivity contribution in [3.05, 3.63) is 65.5 Å². The van der Waals surface area contributed by atoms with Crippen LogP contribution in [-0.2, 0) is 12.8 Å². The SMILES string of the molecule is Cc1ccccc1CCC(O)Cc1ccncc1. The number of nitrogens with zero attached hydrogens (tertiary/aromatic N) is 1. The smallest absolute Gasteiger partial charge is 0.0583 e. The van der Waals surface area contributed by atoms with Gasteiger partial charge in [-0.3, -0.25) is 4.98 Å². The van der Waals surface area contributed by atoms with Crippen LogP contribution in [0.3, 0.4) is 0 Å². The summed E-state index contributed by atoms with van der Waals surface area (Å²) in [6, 6.07) is 12.3. The third kappa shape index (κ3) is 3.67. The number of pyridine rings is 1. The highest BCUT2D eigenvalue weighted by molar-refractivity contribution is 5.25. The van der Waals surface area contributed by atoms with Crippen LogP contribution < -0.4 is 0 Å². The molecule has 0 aliphatic carbocycles. The van der Waals surface area contributed by atoms with E-state index in [4.69, 9.17) is 0 Å². The first-order chi connectivity index (χ1) is 8.75. The second kappa shape index (κ2) is 6.31. The van der Waals surface area contributed by atoms with E-state index in [9.17, 15) is 5.11 Å². The van der Waals surface area contributed by atoms with E-state index in [-0.39, 0.29) is 6.10 Å². The summed E-state index contributed by atoms with van der Waals surface area (Å²) in [4.78, 5) is 3.98. The zero-order valence-electron chi connectivity index (χ0n) is 10.7. The van der Waals surface area contributed by atoms with E-state index in [0.29, 0.717) is 6.42 Å². The molecule has 0 saturated heterocycles. The number of aliphatic hydroxyl groups excluding tert-OH is 1. The van der Waals surface area contributed by atoms with E-state index >= 15 is 0 Å². The van der Waals surface area contributed by atoms with Crippen LogP contribution in [0.2, 0.25) is 0 Å². The highest BCUT2D eigenvalue weighted by atomic mass is 16.3. The summed E-state index contributed by atoms with van der Waals surface area (Å²) < 4.78 is 0.